The van der Waals surface area contributed by atoms with Crippen molar-refractivity contribution >= 4 is 34.2 Å². The molecule has 39 heavy (non-hydrogen) atoms. The van der Waals surface area contributed by atoms with Crippen LogP contribution in [0.5, 0.6) is 17.2 Å². The molecule has 1 atom stereocenters. The van der Waals surface area contributed by atoms with Crippen LogP contribution in [0, 0.1) is 6.92 Å². The molecule has 0 saturated carbocycles. The van der Waals surface area contributed by atoms with Crippen molar-refractivity contribution in [2.75, 3.05) is 23.8 Å². The van der Waals surface area contributed by atoms with Crippen molar-refractivity contribution in [2.45, 2.75) is 33.8 Å². The van der Waals surface area contributed by atoms with E-state index in [4.69, 9.17) is 18.6 Å². The van der Waals surface area contributed by atoms with Crippen LogP contribution < -0.4 is 30.5 Å². The molecule has 4 rings (SSSR count). The zero-order chi connectivity index (χ0) is 27.9. The van der Waals surface area contributed by atoms with Gasteiger partial charge in [0, 0.05) is 35.2 Å². The number of amides is 2. The third-order valence-electron chi connectivity index (χ3n) is 5.83. The van der Waals surface area contributed by atoms with Gasteiger partial charge < -0.3 is 29.3 Å². The summed E-state index contributed by atoms with van der Waals surface area (Å²) in [6.45, 7) is 7.73. The molecule has 9 heteroatoms. The standard InChI is InChI=1S/C30H30N2O7/c1-5-36-26-17-24(32-30(35)20-10-8-7-9-11-20)27(37-6-2)16-23(26)31-29(34)19(4)38-21-12-13-22-18(3)14-28(33)39-25(22)15-21/h7-17,19H,5-6H2,1-4H3,(H,31,34)(H,32,35)/t19-/m0/s1. The summed E-state index contributed by atoms with van der Waals surface area (Å²) in [5.41, 5.74) is 1.96. The molecule has 202 valence electrons. The second kappa shape index (κ2) is 12.2. The molecule has 0 fully saturated rings. The Balaban J connectivity index is 1.55. The van der Waals surface area contributed by atoms with Crippen LogP contribution in [0.25, 0.3) is 11.0 Å². The zero-order valence-corrected chi connectivity index (χ0v) is 22.2. The monoisotopic (exact) mass is 530 g/mol. The Morgan fingerprint density at radius 3 is 2.15 bits per heavy atom. The molecule has 9 nitrogen and oxygen atoms in total. The van der Waals surface area contributed by atoms with E-state index in [1.165, 1.54) is 6.07 Å². The topological polar surface area (TPSA) is 116 Å². The molecule has 1 heterocycles. The third kappa shape index (κ3) is 6.56. The van der Waals surface area contributed by atoms with Crippen molar-refractivity contribution in [1.82, 2.24) is 0 Å². The number of anilines is 2. The van der Waals surface area contributed by atoms with E-state index in [9.17, 15) is 14.4 Å². The van der Waals surface area contributed by atoms with Crippen LogP contribution in [-0.2, 0) is 4.79 Å². The molecule has 1 aromatic heterocycles. The van der Waals surface area contributed by atoms with Gasteiger partial charge in [-0.2, -0.15) is 0 Å². The van der Waals surface area contributed by atoms with Gasteiger partial charge in [-0.15, -0.1) is 0 Å². The number of nitrogens with one attached hydrogen (secondary N) is 2. The fraction of sp³-hybridized carbons (Fsp3) is 0.233. The molecule has 0 spiro atoms. The first-order valence-electron chi connectivity index (χ1n) is 12.6. The highest BCUT2D eigenvalue weighted by Gasteiger charge is 2.21. The van der Waals surface area contributed by atoms with Gasteiger partial charge in [0.25, 0.3) is 11.8 Å². The van der Waals surface area contributed by atoms with Crippen molar-refractivity contribution in [3.8, 4) is 17.2 Å². The third-order valence-corrected chi connectivity index (χ3v) is 5.83. The summed E-state index contributed by atoms with van der Waals surface area (Å²) < 4.78 is 22.6. The molecule has 0 aliphatic carbocycles. The maximum atomic E-state index is 13.1. The molecule has 2 N–H and O–H groups in total. The van der Waals surface area contributed by atoms with E-state index in [2.05, 4.69) is 10.6 Å². The molecular formula is C30H30N2O7. The molecule has 0 unspecified atom stereocenters. The lowest BCUT2D eigenvalue weighted by Gasteiger charge is -2.19. The number of rotatable bonds is 10. The van der Waals surface area contributed by atoms with Gasteiger partial charge in [-0.25, -0.2) is 4.79 Å². The normalized spacial score (nSPS) is 11.5. The SMILES string of the molecule is CCOc1cc(NC(=O)[C@H](C)Oc2ccc3c(C)cc(=O)oc3c2)c(OCC)cc1NC(=O)c1ccccc1. The number of aryl methyl sites for hydroxylation is 1. The highest BCUT2D eigenvalue weighted by Crippen LogP contribution is 2.37. The van der Waals surface area contributed by atoms with Crippen molar-refractivity contribution < 1.29 is 28.2 Å². The Morgan fingerprint density at radius 2 is 1.51 bits per heavy atom. The Kier molecular flexibility index (Phi) is 8.50. The quantitative estimate of drug-likeness (QED) is 0.258. The van der Waals surface area contributed by atoms with Gasteiger partial charge in [0.15, 0.2) is 6.10 Å². The van der Waals surface area contributed by atoms with E-state index < -0.39 is 17.6 Å². The number of fused-ring (bicyclic) bond motifs is 1. The van der Waals surface area contributed by atoms with Gasteiger partial charge in [0.2, 0.25) is 0 Å². The van der Waals surface area contributed by atoms with Crippen LogP contribution in [0.3, 0.4) is 0 Å². The number of ether oxygens (including phenoxy) is 3. The molecule has 0 radical (unpaired) electrons. The number of hydrogen-bond donors (Lipinski definition) is 2. The maximum Gasteiger partial charge on any atom is 0.336 e. The lowest BCUT2D eigenvalue weighted by atomic mass is 10.1. The number of carbonyl (C=O) groups is 2. The van der Waals surface area contributed by atoms with Crippen LogP contribution in [0.4, 0.5) is 11.4 Å². The summed E-state index contributed by atoms with van der Waals surface area (Å²) in [6.07, 6.45) is -0.901. The van der Waals surface area contributed by atoms with E-state index in [1.54, 1.807) is 61.5 Å². The first-order chi connectivity index (χ1) is 18.8. The lowest BCUT2D eigenvalue weighted by Crippen LogP contribution is -2.30. The van der Waals surface area contributed by atoms with Gasteiger partial charge in [-0.05, 0) is 57.5 Å². The second-order valence-corrected chi connectivity index (χ2v) is 8.69. The van der Waals surface area contributed by atoms with Crippen LogP contribution in [-0.4, -0.2) is 31.1 Å². The van der Waals surface area contributed by atoms with Gasteiger partial charge in [-0.1, -0.05) is 18.2 Å². The molecule has 0 aliphatic heterocycles. The average Bonchev–Trinajstić information content (AvgIpc) is 2.91. The highest BCUT2D eigenvalue weighted by atomic mass is 16.5. The number of carbonyl (C=O) groups excluding carboxylic acids is 2. The average molecular weight is 531 g/mol. The largest absolute Gasteiger partial charge is 0.492 e. The highest BCUT2D eigenvalue weighted by molar-refractivity contribution is 6.05. The van der Waals surface area contributed by atoms with Crippen LogP contribution in [0.1, 0.15) is 36.7 Å². The first kappa shape index (κ1) is 27.3. The maximum absolute atomic E-state index is 13.1. The van der Waals surface area contributed by atoms with E-state index in [0.29, 0.717) is 53.0 Å². The second-order valence-electron chi connectivity index (χ2n) is 8.69. The van der Waals surface area contributed by atoms with E-state index in [1.807, 2.05) is 26.8 Å². The van der Waals surface area contributed by atoms with Gasteiger partial charge in [-0.3, -0.25) is 9.59 Å². The number of hydrogen-bond acceptors (Lipinski definition) is 7. The van der Waals surface area contributed by atoms with E-state index in [-0.39, 0.29) is 5.91 Å². The summed E-state index contributed by atoms with van der Waals surface area (Å²) in [5, 5.41) is 6.46. The fourth-order valence-electron chi connectivity index (χ4n) is 3.96. The van der Waals surface area contributed by atoms with Crippen LogP contribution >= 0.6 is 0 Å². The molecule has 2 amide bonds. The molecule has 0 aliphatic rings. The summed E-state index contributed by atoms with van der Waals surface area (Å²) >= 11 is 0. The molecule has 4 aromatic rings. The molecule has 0 bridgehead atoms. The van der Waals surface area contributed by atoms with Gasteiger partial charge in [0.1, 0.15) is 22.8 Å². The van der Waals surface area contributed by atoms with E-state index in [0.717, 1.165) is 10.9 Å². The molecular weight excluding hydrogens is 500 g/mol. The summed E-state index contributed by atoms with van der Waals surface area (Å²) in [6, 6.07) is 18.5. The van der Waals surface area contributed by atoms with Gasteiger partial charge >= 0.3 is 5.63 Å². The summed E-state index contributed by atoms with van der Waals surface area (Å²) in [4.78, 5) is 37.6. The minimum atomic E-state index is -0.901. The number of benzene rings is 3. The Bertz CT molecular complexity index is 1550. The summed E-state index contributed by atoms with van der Waals surface area (Å²) in [5.74, 6) is 0.351. The van der Waals surface area contributed by atoms with Crippen molar-refractivity contribution in [2.24, 2.45) is 0 Å². The first-order valence-corrected chi connectivity index (χ1v) is 12.6. The van der Waals surface area contributed by atoms with E-state index >= 15 is 0 Å². The Labute approximate surface area is 225 Å². The minimum Gasteiger partial charge on any atom is -0.492 e. The molecule has 0 saturated heterocycles. The molecule has 3 aromatic carbocycles. The van der Waals surface area contributed by atoms with Crippen molar-refractivity contribution in [3.63, 3.8) is 0 Å². The Morgan fingerprint density at radius 1 is 0.872 bits per heavy atom. The van der Waals surface area contributed by atoms with Crippen LogP contribution in [0.2, 0.25) is 0 Å². The zero-order valence-electron chi connectivity index (χ0n) is 22.2. The predicted molar refractivity (Wildman–Crippen MR) is 149 cm³/mol. The van der Waals surface area contributed by atoms with Crippen molar-refractivity contribution in [1.29, 1.82) is 0 Å². The summed E-state index contributed by atoms with van der Waals surface area (Å²) in [7, 11) is 0. The Hall–Kier alpha value is -4.79. The minimum absolute atomic E-state index is 0.306. The van der Waals surface area contributed by atoms with Crippen molar-refractivity contribution in [3.05, 3.63) is 88.3 Å². The fourth-order valence-corrected chi connectivity index (χ4v) is 3.96. The van der Waals surface area contributed by atoms with Crippen LogP contribution in [0.15, 0.2) is 75.9 Å². The van der Waals surface area contributed by atoms with Gasteiger partial charge in [0.05, 0.1) is 24.6 Å². The lowest BCUT2D eigenvalue weighted by molar-refractivity contribution is -0.122. The predicted octanol–water partition coefficient (Wildman–Crippen LogP) is 5.56. The smallest absolute Gasteiger partial charge is 0.336 e.